The van der Waals surface area contributed by atoms with Crippen LogP contribution in [0.25, 0.3) is 0 Å². The minimum atomic E-state index is -0.316. The van der Waals surface area contributed by atoms with E-state index in [0.717, 1.165) is 13.0 Å². The van der Waals surface area contributed by atoms with Crippen LogP contribution in [-0.4, -0.2) is 42.0 Å². The SMILES string of the molecule is CC(C)N(C)CCCNC(=O)c1c[nH]ccc1=O. The van der Waals surface area contributed by atoms with Gasteiger partial charge in [0.05, 0.1) is 0 Å². The molecule has 1 heterocycles. The summed E-state index contributed by atoms with van der Waals surface area (Å²) in [5.41, 5.74) is -0.0970. The zero-order valence-electron chi connectivity index (χ0n) is 11.2. The van der Waals surface area contributed by atoms with Gasteiger partial charge in [0.1, 0.15) is 5.56 Å². The molecule has 0 fully saturated rings. The molecule has 5 heteroatoms. The number of nitrogens with one attached hydrogen (secondary N) is 2. The van der Waals surface area contributed by atoms with Crippen molar-refractivity contribution < 1.29 is 4.79 Å². The van der Waals surface area contributed by atoms with Crippen LogP contribution in [0.1, 0.15) is 30.6 Å². The Hall–Kier alpha value is -1.62. The summed E-state index contributed by atoms with van der Waals surface area (Å²) in [5, 5.41) is 2.75. The average molecular weight is 251 g/mol. The maximum absolute atomic E-state index is 11.7. The van der Waals surface area contributed by atoms with Crippen LogP contribution in [-0.2, 0) is 0 Å². The molecule has 18 heavy (non-hydrogen) atoms. The maximum atomic E-state index is 11.7. The fourth-order valence-corrected chi connectivity index (χ4v) is 1.48. The summed E-state index contributed by atoms with van der Waals surface area (Å²) in [6.45, 7) is 5.75. The van der Waals surface area contributed by atoms with E-state index in [2.05, 4.69) is 29.0 Å². The zero-order chi connectivity index (χ0) is 13.5. The first kappa shape index (κ1) is 14.4. The standard InChI is InChI=1S/C13H21N3O2/c1-10(2)16(3)8-4-6-15-13(18)11-9-14-7-5-12(11)17/h5,7,9-10H,4,6,8H2,1-3H3,(H,14,17)(H,15,18). The van der Waals surface area contributed by atoms with Crippen LogP contribution in [0.15, 0.2) is 23.3 Å². The van der Waals surface area contributed by atoms with Crippen LogP contribution in [0.4, 0.5) is 0 Å². The van der Waals surface area contributed by atoms with Crippen LogP contribution in [0.2, 0.25) is 0 Å². The molecule has 1 rings (SSSR count). The highest BCUT2D eigenvalue weighted by molar-refractivity contribution is 5.93. The van der Waals surface area contributed by atoms with Gasteiger partial charge in [-0.3, -0.25) is 9.59 Å². The van der Waals surface area contributed by atoms with E-state index in [9.17, 15) is 9.59 Å². The molecule has 1 aromatic heterocycles. The van der Waals surface area contributed by atoms with E-state index in [1.54, 1.807) is 0 Å². The van der Waals surface area contributed by atoms with Gasteiger partial charge in [0.2, 0.25) is 0 Å². The zero-order valence-corrected chi connectivity index (χ0v) is 11.2. The number of aromatic amines is 1. The van der Waals surface area contributed by atoms with Gasteiger partial charge >= 0.3 is 0 Å². The van der Waals surface area contributed by atoms with Crippen LogP contribution in [0, 0.1) is 0 Å². The fourth-order valence-electron chi connectivity index (χ4n) is 1.48. The molecule has 0 aliphatic carbocycles. The van der Waals surface area contributed by atoms with Crippen LogP contribution in [0.3, 0.4) is 0 Å². The van der Waals surface area contributed by atoms with Gasteiger partial charge in [-0.15, -0.1) is 0 Å². The van der Waals surface area contributed by atoms with Crippen molar-refractivity contribution in [3.8, 4) is 0 Å². The molecule has 0 bridgehead atoms. The molecule has 1 aromatic rings. The molecule has 1 amide bonds. The van der Waals surface area contributed by atoms with E-state index in [4.69, 9.17) is 0 Å². The monoisotopic (exact) mass is 251 g/mol. The first-order valence-corrected chi connectivity index (χ1v) is 6.18. The molecule has 0 radical (unpaired) electrons. The minimum Gasteiger partial charge on any atom is -0.367 e. The summed E-state index contributed by atoms with van der Waals surface area (Å²) >= 11 is 0. The maximum Gasteiger partial charge on any atom is 0.256 e. The van der Waals surface area contributed by atoms with E-state index in [1.807, 2.05) is 7.05 Å². The van der Waals surface area contributed by atoms with Gasteiger partial charge in [0.25, 0.3) is 5.91 Å². The van der Waals surface area contributed by atoms with E-state index in [0.29, 0.717) is 12.6 Å². The van der Waals surface area contributed by atoms with Gasteiger partial charge < -0.3 is 15.2 Å². The van der Waals surface area contributed by atoms with Gasteiger partial charge in [0.15, 0.2) is 5.43 Å². The Bertz CT molecular complexity index is 440. The van der Waals surface area contributed by atoms with E-state index >= 15 is 0 Å². The lowest BCUT2D eigenvalue weighted by Gasteiger charge is -2.20. The van der Waals surface area contributed by atoms with Crippen molar-refractivity contribution in [2.45, 2.75) is 26.3 Å². The number of carbonyl (C=O) groups is 1. The highest BCUT2D eigenvalue weighted by Gasteiger charge is 2.08. The summed E-state index contributed by atoms with van der Waals surface area (Å²) in [6.07, 6.45) is 3.81. The molecule has 0 unspecified atom stereocenters. The van der Waals surface area contributed by atoms with Gasteiger partial charge in [0, 0.05) is 31.0 Å². The number of hydrogen-bond donors (Lipinski definition) is 2. The molecule has 0 atom stereocenters. The molecule has 0 aliphatic heterocycles. The smallest absolute Gasteiger partial charge is 0.256 e. The number of hydrogen-bond acceptors (Lipinski definition) is 3. The Morgan fingerprint density at radius 2 is 2.22 bits per heavy atom. The topological polar surface area (TPSA) is 65.2 Å². The van der Waals surface area contributed by atoms with Crippen molar-refractivity contribution in [3.63, 3.8) is 0 Å². The summed E-state index contributed by atoms with van der Waals surface area (Å²) in [6, 6.07) is 1.85. The van der Waals surface area contributed by atoms with E-state index < -0.39 is 0 Å². The van der Waals surface area contributed by atoms with E-state index in [-0.39, 0.29) is 16.9 Å². The second-order valence-electron chi connectivity index (χ2n) is 4.61. The predicted octanol–water partition coefficient (Wildman–Crippen LogP) is 0.835. The van der Waals surface area contributed by atoms with Crippen molar-refractivity contribution >= 4 is 5.91 Å². The molecule has 0 aliphatic rings. The number of amides is 1. The second-order valence-corrected chi connectivity index (χ2v) is 4.61. The third-order valence-electron chi connectivity index (χ3n) is 2.92. The lowest BCUT2D eigenvalue weighted by Crippen LogP contribution is -2.33. The lowest BCUT2D eigenvalue weighted by molar-refractivity contribution is 0.0950. The van der Waals surface area contributed by atoms with Crippen LogP contribution in [0.5, 0.6) is 0 Å². The van der Waals surface area contributed by atoms with Crippen molar-refractivity contribution in [1.82, 2.24) is 15.2 Å². The molecule has 2 N–H and O–H groups in total. The third-order valence-corrected chi connectivity index (χ3v) is 2.92. The molecular weight excluding hydrogens is 230 g/mol. The Labute approximate surface area is 107 Å². The molecule has 5 nitrogen and oxygen atoms in total. The van der Waals surface area contributed by atoms with Crippen molar-refractivity contribution in [2.75, 3.05) is 20.1 Å². The fraction of sp³-hybridized carbons (Fsp3) is 0.538. The van der Waals surface area contributed by atoms with Gasteiger partial charge in [-0.2, -0.15) is 0 Å². The average Bonchev–Trinajstić information content (AvgIpc) is 2.34. The van der Waals surface area contributed by atoms with Gasteiger partial charge in [-0.25, -0.2) is 0 Å². The molecule has 100 valence electrons. The molecule has 0 aromatic carbocycles. The van der Waals surface area contributed by atoms with Gasteiger partial charge in [-0.05, 0) is 33.9 Å². The van der Waals surface area contributed by atoms with Crippen LogP contribution >= 0.6 is 0 Å². The van der Waals surface area contributed by atoms with Crippen LogP contribution < -0.4 is 10.7 Å². The first-order valence-electron chi connectivity index (χ1n) is 6.18. The molecular formula is C13H21N3O2. The molecule has 0 spiro atoms. The Balaban J connectivity index is 2.35. The lowest BCUT2D eigenvalue weighted by atomic mass is 10.2. The van der Waals surface area contributed by atoms with Gasteiger partial charge in [-0.1, -0.05) is 0 Å². The number of aromatic nitrogens is 1. The number of pyridine rings is 1. The Morgan fingerprint density at radius 3 is 2.83 bits per heavy atom. The summed E-state index contributed by atoms with van der Waals surface area (Å²) in [5.74, 6) is -0.316. The highest BCUT2D eigenvalue weighted by atomic mass is 16.2. The normalized spacial score (nSPS) is 10.9. The number of rotatable bonds is 6. The summed E-state index contributed by atoms with van der Waals surface area (Å²) in [7, 11) is 2.05. The first-order chi connectivity index (χ1) is 8.52. The quantitative estimate of drug-likeness (QED) is 0.736. The Kier molecular flexibility index (Phi) is 5.58. The largest absolute Gasteiger partial charge is 0.367 e. The molecule has 0 saturated heterocycles. The molecule has 0 saturated carbocycles. The highest BCUT2D eigenvalue weighted by Crippen LogP contribution is 1.94. The predicted molar refractivity (Wildman–Crippen MR) is 71.8 cm³/mol. The van der Waals surface area contributed by atoms with Crippen molar-refractivity contribution in [3.05, 3.63) is 34.2 Å². The number of H-pyrrole nitrogens is 1. The van der Waals surface area contributed by atoms with Crippen molar-refractivity contribution in [1.29, 1.82) is 0 Å². The summed E-state index contributed by atoms with van der Waals surface area (Å²) in [4.78, 5) is 28.0. The third kappa shape index (κ3) is 4.33. The summed E-state index contributed by atoms with van der Waals surface area (Å²) < 4.78 is 0. The Morgan fingerprint density at radius 1 is 1.50 bits per heavy atom. The van der Waals surface area contributed by atoms with E-state index in [1.165, 1.54) is 18.5 Å². The van der Waals surface area contributed by atoms with Crippen molar-refractivity contribution in [2.24, 2.45) is 0 Å². The number of nitrogens with zero attached hydrogens (tertiary/aromatic N) is 1. The minimum absolute atomic E-state index is 0.162. The number of carbonyl (C=O) groups excluding carboxylic acids is 1. The second kappa shape index (κ2) is 6.96.